The zero-order chi connectivity index (χ0) is 14.1. The van der Waals surface area contributed by atoms with Gasteiger partial charge < -0.3 is 10.2 Å². The molecule has 1 aromatic heterocycles. The Bertz CT molecular complexity index is 634. The lowest BCUT2D eigenvalue weighted by molar-refractivity contribution is 0.261. The number of nitrogens with zero attached hydrogens (tertiary/aromatic N) is 3. The fourth-order valence-electron chi connectivity index (χ4n) is 2.68. The van der Waals surface area contributed by atoms with Crippen LogP contribution in [0.3, 0.4) is 0 Å². The molecule has 1 aliphatic heterocycles. The molecule has 0 bridgehead atoms. The Hall–Kier alpha value is -1.46. The number of fused-ring (bicyclic) bond motifs is 1. The van der Waals surface area contributed by atoms with E-state index in [1.165, 1.54) is 12.1 Å². The maximum absolute atomic E-state index is 13.3. The Morgan fingerprint density at radius 1 is 1.35 bits per heavy atom. The van der Waals surface area contributed by atoms with Crippen LogP contribution in [0.15, 0.2) is 18.2 Å². The van der Waals surface area contributed by atoms with Gasteiger partial charge in [0.05, 0.1) is 0 Å². The molecular weight excluding hydrogens is 279 g/mol. The Morgan fingerprint density at radius 2 is 2.20 bits per heavy atom. The number of anilines is 1. The quantitative estimate of drug-likeness (QED) is 0.924. The van der Waals surface area contributed by atoms with Crippen LogP contribution in [-0.4, -0.2) is 41.3 Å². The summed E-state index contributed by atoms with van der Waals surface area (Å²) in [6.45, 7) is 2.09. The number of piperidine rings is 1. The normalized spacial score (nSPS) is 20.2. The van der Waals surface area contributed by atoms with Crippen LogP contribution < -0.4 is 5.32 Å². The van der Waals surface area contributed by atoms with E-state index in [1.807, 2.05) is 0 Å². The highest BCUT2D eigenvalue weighted by atomic mass is 35.5. The standard InChI is InChI=1S/C14H16ClFN4/c1-20-6-2-3-10(8-20)17-14-11-5-4-9(16)7-12(11)13(15)18-19-14/h4-5,7,10H,2-3,6,8H2,1H3,(H,17,19)/t10-/m1/s1. The molecule has 0 aliphatic carbocycles. The number of halogens is 2. The molecule has 1 fully saturated rings. The molecule has 1 atom stereocenters. The molecule has 4 nitrogen and oxygen atoms in total. The second-order valence-corrected chi connectivity index (χ2v) is 5.63. The lowest BCUT2D eigenvalue weighted by Crippen LogP contribution is -2.40. The summed E-state index contributed by atoms with van der Waals surface area (Å²) < 4.78 is 13.3. The van der Waals surface area contributed by atoms with Gasteiger partial charge in [-0.25, -0.2) is 4.39 Å². The minimum atomic E-state index is -0.323. The van der Waals surface area contributed by atoms with Crippen molar-refractivity contribution in [3.8, 4) is 0 Å². The summed E-state index contributed by atoms with van der Waals surface area (Å²) in [6, 6.07) is 4.83. The van der Waals surface area contributed by atoms with E-state index in [-0.39, 0.29) is 11.0 Å². The number of benzene rings is 1. The molecule has 0 saturated carbocycles. The summed E-state index contributed by atoms with van der Waals surface area (Å²) in [4.78, 5) is 2.28. The molecule has 6 heteroatoms. The van der Waals surface area contributed by atoms with Gasteiger partial charge in [-0.15, -0.1) is 10.2 Å². The largest absolute Gasteiger partial charge is 0.364 e. The van der Waals surface area contributed by atoms with Gasteiger partial charge in [0.2, 0.25) is 0 Å². The number of rotatable bonds is 2. The number of nitrogens with one attached hydrogen (secondary N) is 1. The van der Waals surface area contributed by atoms with Crippen molar-refractivity contribution >= 4 is 28.2 Å². The molecule has 20 heavy (non-hydrogen) atoms. The van der Waals surface area contributed by atoms with E-state index in [0.29, 0.717) is 17.2 Å². The molecule has 3 rings (SSSR count). The van der Waals surface area contributed by atoms with E-state index in [9.17, 15) is 4.39 Å². The van der Waals surface area contributed by atoms with Crippen molar-refractivity contribution in [1.29, 1.82) is 0 Å². The summed E-state index contributed by atoms with van der Waals surface area (Å²) in [7, 11) is 2.11. The summed E-state index contributed by atoms with van der Waals surface area (Å²) >= 11 is 5.99. The molecule has 2 aromatic rings. The van der Waals surface area contributed by atoms with Gasteiger partial charge in [-0.2, -0.15) is 0 Å². The minimum absolute atomic E-state index is 0.228. The molecule has 1 aromatic carbocycles. The van der Waals surface area contributed by atoms with E-state index in [2.05, 4.69) is 27.5 Å². The van der Waals surface area contributed by atoms with Gasteiger partial charge in [0.1, 0.15) is 5.82 Å². The molecular formula is C14H16ClFN4. The molecule has 0 amide bonds. The van der Waals surface area contributed by atoms with Crippen molar-refractivity contribution in [2.24, 2.45) is 0 Å². The van der Waals surface area contributed by atoms with Crippen molar-refractivity contribution in [1.82, 2.24) is 15.1 Å². The molecule has 0 spiro atoms. The zero-order valence-corrected chi connectivity index (χ0v) is 12.0. The first-order chi connectivity index (χ1) is 9.63. The highest BCUT2D eigenvalue weighted by Gasteiger charge is 2.19. The first kappa shape index (κ1) is 13.5. The average molecular weight is 295 g/mol. The summed E-state index contributed by atoms with van der Waals surface area (Å²) in [5.74, 6) is 0.348. The van der Waals surface area contributed by atoms with Crippen LogP contribution in [-0.2, 0) is 0 Å². The third-order valence-corrected chi connectivity index (χ3v) is 3.94. The van der Waals surface area contributed by atoms with Crippen LogP contribution in [0.25, 0.3) is 10.8 Å². The lowest BCUT2D eigenvalue weighted by atomic mass is 10.1. The molecule has 1 aliphatic rings. The van der Waals surface area contributed by atoms with Crippen LogP contribution in [0.5, 0.6) is 0 Å². The van der Waals surface area contributed by atoms with Crippen LogP contribution in [0.1, 0.15) is 12.8 Å². The van der Waals surface area contributed by atoms with Gasteiger partial charge in [0, 0.05) is 23.4 Å². The fourth-order valence-corrected chi connectivity index (χ4v) is 2.87. The Balaban J connectivity index is 1.93. The van der Waals surface area contributed by atoms with Gasteiger partial charge in [-0.05, 0) is 44.6 Å². The summed E-state index contributed by atoms with van der Waals surface area (Å²) in [6.07, 6.45) is 2.25. The van der Waals surface area contributed by atoms with Gasteiger partial charge in [0.25, 0.3) is 0 Å². The first-order valence-electron chi connectivity index (χ1n) is 6.70. The Kier molecular flexibility index (Phi) is 3.72. The number of hydrogen-bond acceptors (Lipinski definition) is 4. The Labute approximate surface area is 121 Å². The van der Waals surface area contributed by atoms with Crippen LogP contribution >= 0.6 is 11.6 Å². The van der Waals surface area contributed by atoms with E-state index in [4.69, 9.17) is 11.6 Å². The number of likely N-dealkylation sites (tertiary alicyclic amines) is 1. The zero-order valence-electron chi connectivity index (χ0n) is 11.2. The maximum atomic E-state index is 13.3. The van der Waals surface area contributed by atoms with Crippen LogP contribution in [0.4, 0.5) is 10.2 Å². The van der Waals surface area contributed by atoms with Gasteiger partial charge in [-0.3, -0.25) is 0 Å². The second kappa shape index (κ2) is 5.50. The van der Waals surface area contributed by atoms with Crippen molar-refractivity contribution < 1.29 is 4.39 Å². The number of likely N-dealkylation sites (N-methyl/N-ethyl adjacent to an activating group) is 1. The van der Waals surface area contributed by atoms with Gasteiger partial charge in [-0.1, -0.05) is 11.6 Å². The van der Waals surface area contributed by atoms with E-state index >= 15 is 0 Å². The second-order valence-electron chi connectivity index (χ2n) is 5.28. The van der Waals surface area contributed by atoms with Crippen molar-refractivity contribution in [3.63, 3.8) is 0 Å². The molecule has 2 heterocycles. The SMILES string of the molecule is CN1CCC[C@@H](Nc2nnc(Cl)c3cc(F)ccc23)C1. The maximum Gasteiger partial charge on any atom is 0.159 e. The van der Waals surface area contributed by atoms with Crippen LogP contribution in [0, 0.1) is 5.82 Å². The molecule has 1 saturated heterocycles. The molecule has 1 N–H and O–H groups in total. The van der Waals surface area contributed by atoms with E-state index in [1.54, 1.807) is 6.07 Å². The van der Waals surface area contributed by atoms with Crippen LogP contribution in [0.2, 0.25) is 5.15 Å². The third-order valence-electron chi connectivity index (χ3n) is 3.66. The monoisotopic (exact) mass is 294 g/mol. The van der Waals surface area contributed by atoms with Crippen molar-refractivity contribution in [2.45, 2.75) is 18.9 Å². The third kappa shape index (κ3) is 2.69. The smallest absolute Gasteiger partial charge is 0.159 e. The van der Waals surface area contributed by atoms with Crippen molar-refractivity contribution in [3.05, 3.63) is 29.2 Å². The fraction of sp³-hybridized carbons (Fsp3) is 0.429. The van der Waals surface area contributed by atoms with Gasteiger partial charge >= 0.3 is 0 Å². The van der Waals surface area contributed by atoms with Crippen molar-refractivity contribution in [2.75, 3.05) is 25.5 Å². The molecule has 0 unspecified atom stereocenters. The predicted molar refractivity (Wildman–Crippen MR) is 78.6 cm³/mol. The molecule has 106 valence electrons. The Morgan fingerprint density at radius 3 is 3.00 bits per heavy atom. The van der Waals surface area contributed by atoms with Gasteiger partial charge in [0.15, 0.2) is 11.0 Å². The highest BCUT2D eigenvalue weighted by molar-refractivity contribution is 6.34. The highest BCUT2D eigenvalue weighted by Crippen LogP contribution is 2.27. The summed E-state index contributed by atoms with van der Waals surface area (Å²) in [5.41, 5.74) is 0. The van der Waals surface area contributed by atoms with E-state index in [0.717, 1.165) is 31.3 Å². The minimum Gasteiger partial charge on any atom is -0.364 e. The molecule has 0 radical (unpaired) electrons. The van der Waals surface area contributed by atoms with E-state index < -0.39 is 0 Å². The summed E-state index contributed by atoms with van der Waals surface area (Å²) in [5, 5.41) is 13.1. The first-order valence-corrected chi connectivity index (χ1v) is 7.08. The number of hydrogen-bond donors (Lipinski definition) is 1. The number of aromatic nitrogens is 2. The lowest BCUT2D eigenvalue weighted by Gasteiger charge is -2.30. The average Bonchev–Trinajstić information content (AvgIpc) is 2.42. The predicted octanol–water partition coefficient (Wildman–Crippen LogP) is 2.93. The topological polar surface area (TPSA) is 41.0 Å².